The van der Waals surface area contributed by atoms with Crippen LogP contribution < -0.4 is 0 Å². The number of ether oxygens (including phenoxy) is 2. The van der Waals surface area contributed by atoms with Crippen molar-refractivity contribution in [1.29, 1.82) is 0 Å². The van der Waals surface area contributed by atoms with E-state index in [2.05, 4.69) is 18.4 Å². The molecule has 9 nitrogen and oxygen atoms in total. The smallest absolute Gasteiger partial charge is 0.310 e. The van der Waals surface area contributed by atoms with Gasteiger partial charge in [0.1, 0.15) is 6.04 Å². The Bertz CT molecular complexity index is 1100. The molecular weight excluding hydrogens is 530 g/mol. The molecule has 2 amide bonds. The number of aliphatic hydroxyl groups is 1. The van der Waals surface area contributed by atoms with Gasteiger partial charge in [0, 0.05) is 38.0 Å². The van der Waals surface area contributed by atoms with Gasteiger partial charge in [-0.3, -0.25) is 19.3 Å². The first kappa shape index (κ1) is 29.1. The van der Waals surface area contributed by atoms with E-state index < -0.39 is 28.7 Å². The highest BCUT2D eigenvalue weighted by atomic mass is 32.2. The Labute approximate surface area is 240 Å². The first-order chi connectivity index (χ1) is 19.4. The SMILES string of the molecule is C=CCN(CCN1CCOCC1)C(=O)C1N([C@H](CO)c2ccccc2)C(=O)[C@@H]2[C@@H](C(=O)OCC)[C@H]3CC(C)C12S3. The van der Waals surface area contributed by atoms with Crippen LogP contribution in [0.25, 0.3) is 0 Å². The molecule has 7 atom stereocenters. The minimum Gasteiger partial charge on any atom is -0.466 e. The third kappa shape index (κ3) is 4.86. The second-order valence-corrected chi connectivity index (χ2v) is 12.7. The molecule has 4 aliphatic rings. The molecule has 1 spiro atoms. The van der Waals surface area contributed by atoms with Gasteiger partial charge in [0.05, 0.1) is 49.1 Å². The van der Waals surface area contributed by atoms with Gasteiger partial charge in [0.2, 0.25) is 11.8 Å². The van der Waals surface area contributed by atoms with Gasteiger partial charge < -0.3 is 24.4 Å². The van der Waals surface area contributed by atoms with E-state index in [-0.39, 0.29) is 42.2 Å². The Kier molecular flexibility index (Phi) is 8.89. The van der Waals surface area contributed by atoms with Crippen molar-refractivity contribution in [2.45, 2.75) is 42.3 Å². The predicted molar refractivity (Wildman–Crippen MR) is 152 cm³/mol. The highest BCUT2D eigenvalue weighted by Crippen LogP contribution is 2.69. The number of esters is 1. The molecule has 5 rings (SSSR count). The molecule has 0 radical (unpaired) electrons. The summed E-state index contributed by atoms with van der Waals surface area (Å²) in [6.45, 7) is 12.2. The predicted octanol–water partition coefficient (Wildman–Crippen LogP) is 1.97. The van der Waals surface area contributed by atoms with Gasteiger partial charge in [-0.1, -0.05) is 43.3 Å². The minimum atomic E-state index is -0.823. The van der Waals surface area contributed by atoms with Crippen LogP contribution >= 0.6 is 11.8 Å². The number of carbonyl (C=O) groups is 3. The summed E-state index contributed by atoms with van der Waals surface area (Å²) >= 11 is 1.62. The van der Waals surface area contributed by atoms with Crippen molar-refractivity contribution in [3.05, 3.63) is 48.6 Å². The number of benzene rings is 1. The molecule has 1 aromatic carbocycles. The number of hydrogen-bond donors (Lipinski definition) is 1. The number of amides is 2. The number of rotatable bonds is 11. The largest absolute Gasteiger partial charge is 0.466 e. The lowest BCUT2D eigenvalue weighted by Crippen LogP contribution is -2.58. The van der Waals surface area contributed by atoms with Crippen LogP contribution in [0.1, 0.15) is 31.9 Å². The van der Waals surface area contributed by atoms with Crippen LogP contribution in [0.3, 0.4) is 0 Å². The van der Waals surface area contributed by atoms with E-state index in [0.717, 1.165) is 25.1 Å². The number of fused-ring (bicyclic) bond motifs is 1. The van der Waals surface area contributed by atoms with Crippen LogP contribution in [-0.4, -0.2) is 113 Å². The second-order valence-electron chi connectivity index (χ2n) is 11.2. The molecule has 1 aromatic rings. The van der Waals surface area contributed by atoms with Crippen LogP contribution in [0.15, 0.2) is 43.0 Å². The number of thioether (sulfide) groups is 1. The van der Waals surface area contributed by atoms with Crippen molar-refractivity contribution in [1.82, 2.24) is 14.7 Å². The summed E-state index contributed by atoms with van der Waals surface area (Å²) in [7, 11) is 0. The molecule has 2 bridgehead atoms. The molecule has 4 heterocycles. The van der Waals surface area contributed by atoms with Crippen molar-refractivity contribution in [3.63, 3.8) is 0 Å². The lowest BCUT2D eigenvalue weighted by molar-refractivity contribution is -0.154. The van der Waals surface area contributed by atoms with Gasteiger partial charge in [-0.15, -0.1) is 18.3 Å². The number of carbonyl (C=O) groups excluding carboxylic acids is 3. The van der Waals surface area contributed by atoms with Gasteiger partial charge in [-0.2, -0.15) is 0 Å². The molecule has 10 heteroatoms. The summed E-state index contributed by atoms with van der Waals surface area (Å²) in [5.74, 6) is -2.01. The molecular formula is C30H41N3O6S. The molecule has 0 saturated carbocycles. The molecule has 0 aromatic heterocycles. The van der Waals surface area contributed by atoms with Crippen LogP contribution in [0.5, 0.6) is 0 Å². The number of hydrogen-bond acceptors (Lipinski definition) is 8. The highest BCUT2D eigenvalue weighted by Gasteiger charge is 2.77. The molecule has 218 valence electrons. The van der Waals surface area contributed by atoms with E-state index in [9.17, 15) is 19.5 Å². The average Bonchev–Trinajstić information content (AvgIpc) is 3.56. The van der Waals surface area contributed by atoms with Crippen molar-refractivity contribution in [2.24, 2.45) is 17.8 Å². The maximum absolute atomic E-state index is 14.7. The second kappa shape index (κ2) is 12.2. The van der Waals surface area contributed by atoms with Crippen LogP contribution in [0.2, 0.25) is 0 Å². The zero-order valence-corrected chi connectivity index (χ0v) is 24.3. The highest BCUT2D eigenvalue weighted by molar-refractivity contribution is 8.02. The van der Waals surface area contributed by atoms with Crippen molar-refractivity contribution >= 4 is 29.5 Å². The lowest BCUT2D eigenvalue weighted by atomic mass is 9.66. The molecule has 40 heavy (non-hydrogen) atoms. The summed E-state index contributed by atoms with van der Waals surface area (Å²) in [6.07, 6.45) is 2.46. The van der Waals surface area contributed by atoms with Gasteiger partial charge in [-0.25, -0.2) is 0 Å². The van der Waals surface area contributed by atoms with Gasteiger partial charge in [-0.05, 0) is 24.8 Å². The first-order valence-electron chi connectivity index (χ1n) is 14.4. The summed E-state index contributed by atoms with van der Waals surface area (Å²) < 4.78 is 10.2. The Hall–Kier alpha value is -2.40. The fraction of sp³-hybridized carbons (Fsp3) is 0.633. The first-order valence-corrected chi connectivity index (χ1v) is 15.3. The summed E-state index contributed by atoms with van der Waals surface area (Å²) in [5, 5.41) is 10.6. The molecule has 0 aliphatic carbocycles. The monoisotopic (exact) mass is 571 g/mol. The van der Waals surface area contributed by atoms with Crippen LogP contribution in [0.4, 0.5) is 0 Å². The van der Waals surface area contributed by atoms with E-state index >= 15 is 0 Å². The maximum atomic E-state index is 14.7. The average molecular weight is 572 g/mol. The molecule has 4 aliphatic heterocycles. The fourth-order valence-electron chi connectivity index (χ4n) is 7.32. The van der Waals surface area contributed by atoms with Crippen LogP contribution in [-0.2, 0) is 23.9 Å². The standard InChI is InChI=1S/C30H41N3O6S/c1-4-11-32(13-12-31-14-16-38-17-15-31)28(36)26-30-20(3)18-23(40-30)24(29(37)39-5-2)25(30)27(35)33(26)22(19-34)21-9-7-6-8-10-21/h4,6-10,20,22-26,34H,1,5,11-19H2,2-3H3/t20?,22-,23-,24+,25+,26?,30?/m1/s1. The Morgan fingerprint density at radius 1 is 1.30 bits per heavy atom. The van der Waals surface area contributed by atoms with E-state index in [4.69, 9.17) is 9.47 Å². The molecule has 1 N–H and O–H groups in total. The Morgan fingerprint density at radius 3 is 2.67 bits per heavy atom. The summed E-state index contributed by atoms with van der Waals surface area (Å²) in [4.78, 5) is 48.2. The zero-order chi connectivity index (χ0) is 28.4. The van der Waals surface area contributed by atoms with Crippen molar-refractivity contribution in [3.8, 4) is 0 Å². The van der Waals surface area contributed by atoms with Gasteiger partial charge in [0.25, 0.3) is 0 Å². The number of likely N-dealkylation sites (tertiary alicyclic amines) is 1. The summed E-state index contributed by atoms with van der Waals surface area (Å²) in [5.41, 5.74) is 0.760. The maximum Gasteiger partial charge on any atom is 0.310 e. The van der Waals surface area contributed by atoms with E-state index in [1.54, 1.807) is 34.6 Å². The lowest BCUT2D eigenvalue weighted by Gasteiger charge is -2.42. The normalized spacial score (nSPS) is 32.1. The van der Waals surface area contributed by atoms with Crippen molar-refractivity contribution in [2.75, 3.05) is 59.2 Å². The minimum absolute atomic E-state index is 0.0287. The van der Waals surface area contributed by atoms with E-state index in [0.29, 0.717) is 32.8 Å². The third-order valence-corrected chi connectivity index (χ3v) is 11.2. The molecule has 3 unspecified atom stereocenters. The Balaban J connectivity index is 1.55. The quantitative estimate of drug-likeness (QED) is 0.318. The van der Waals surface area contributed by atoms with Gasteiger partial charge in [0.15, 0.2) is 0 Å². The third-order valence-electron chi connectivity index (χ3n) is 9.12. The van der Waals surface area contributed by atoms with E-state index in [1.165, 1.54) is 0 Å². The van der Waals surface area contributed by atoms with E-state index in [1.807, 2.05) is 30.3 Å². The number of aliphatic hydroxyl groups excluding tert-OH is 1. The number of nitrogens with zero attached hydrogens (tertiary/aromatic N) is 3. The van der Waals surface area contributed by atoms with Gasteiger partial charge >= 0.3 is 5.97 Å². The Morgan fingerprint density at radius 2 is 2.02 bits per heavy atom. The topological polar surface area (TPSA) is 99.6 Å². The zero-order valence-electron chi connectivity index (χ0n) is 23.4. The fourth-order valence-corrected chi connectivity index (χ4v) is 9.71. The number of morpholine rings is 1. The molecule has 4 fully saturated rings. The van der Waals surface area contributed by atoms with Crippen molar-refractivity contribution < 1.29 is 29.0 Å². The van der Waals surface area contributed by atoms with Crippen LogP contribution in [0, 0.1) is 17.8 Å². The summed E-state index contributed by atoms with van der Waals surface area (Å²) in [6, 6.07) is 7.83. The molecule has 4 saturated heterocycles.